The first-order chi connectivity index (χ1) is 10.2. The minimum Gasteiger partial charge on any atom is -0.369 e. The maximum Gasteiger partial charge on any atom is 0.241 e. The van der Waals surface area contributed by atoms with Crippen molar-refractivity contribution in [2.24, 2.45) is 5.92 Å². The zero-order valence-corrected chi connectivity index (χ0v) is 11.3. The van der Waals surface area contributed by atoms with Crippen LogP contribution < -0.4 is 4.90 Å². The molecule has 2 heterocycles. The Bertz CT molecular complexity index is 688. The van der Waals surface area contributed by atoms with Gasteiger partial charge in [-0.05, 0) is 18.9 Å². The van der Waals surface area contributed by atoms with Crippen molar-refractivity contribution in [3.8, 4) is 6.07 Å². The van der Waals surface area contributed by atoms with Crippen LogP contribution in [-0.4, -0.2) is 29.7 Å². The van der Waals surface area contributed by atoms with Crippen LogP contribution in [0.1, 0.15) is 18.5 Å². The topological polar surface area (TPSA) is 52.8 Å². The highest BCUT2D eigenvalue weighted by atomic mass is 19.3. The van der Waals surface area contributed by atoms with Gasteiger partial charge < -0.3 is 4.90 Å². The lowest BCUT2D eigenvalue weighted by Gasteiger charge is -2.33. The number of hydrogen-bond donors (Lipinski definition) is 0. The van der Waals surface area contributed by atoms with E-state index in [1.165, 1.54) is 0 Å². The Labute approximate surface area is 121 Å². The van der Waals surface area contributed by atoms with Crippen LogP contribution in [0.3, 0.4) is 0 Å². The lowest BCUT2D eigenvalue weighted by molar-refractivity contribution is 0.0636. The number of nitriles is 1. The molecule has 0 bridgehead atoms. The van der Waals surface area contributed by atoms with Crippen molar-refractivity contribution < 1.29 is 8.78 Å². The Morgan fingerprint density at radius 2 is 1.90 bits per heavy atom. The average Bonchev–Trinajstić information content (AvgIpc) is 2.53. The lowest BCUT2D eigenvalue weighted by atomic mass is 9.96. The fourth-order valence-corrected chi connectivity index (χ4v) is 2.81. The molecule has 0 aliphatic carbocycles. The van der Waals surface area contributed by atoms with Crippen LogP contribution in [0.4, 0.5) is 14.5 Å². The van der Waals surface area contributed by atoms with E-state index in [0.29, 0.717) is 31.4 Å². The highest BCUT2D eigenvalue weighted by Crippen LogP contribution is 2.32. The van der Waals surface area contributed by atoms with Gasteiger partial charge in [0.15, 0.2) is 5.69 Å². The molecule has 4 nitrogen and oxygen atoms in total. The highest BCUT2D eigenvalue weighted by molar-refractivity contribution is 5.93. The second kappa shape index (κ2) is 5.60. The number of alkyl halides is 2. The van der Waals surface area contributed by atoms with Crippen LogP contribution in [0.2, 0.25) is 0 Å². The largest absolute Gasteiger partial charge is 0.369 e. The van der Waals surface area contributed by atoms with E-state index in [1.807, 2.05) is 29.2 Å². The van der Waals surface area contributed by atoms with Gasteiger partial charge in [-0.1, -0.05) is 18.2 Å². The number of aromatic nitrogens is 2. The fraction of sp³-hybridized carbons (Fsp3) is 0.400. The third-order valence-electron chi connectivity index (χ3n) is 3.96. The van der Waals surface area contributed by atoms with Gasteiger partial charge in [-0.15, -0.1) is 10.2 Å². The molecule has 0 spiro atoms. The van der Waals surface area contributed by atoms with Gasteiger partial charge in [-0.25, -0.2) is 8.78 Å². The molecule has 1 aliphatic heterocycles. The fourth-order valence-electron chi connectivity index (χ4n) is 2.81. The summed E-state index contributed by atoms with van der Waals surface area (Å²) in [4.78, 5) is 1.98. The van der Waals surface area contributed by atoms with E-state index < -0.39 is 12.3 Å². The molecule has 0 atom stereocenters. The van der Waals surface area contributed by atoms with Crippen molar-refractivity contribution in [2.75, 3.05) is 18.0 Å². The van der Waals surface area contributed by atoms with Crippen LogP contribution in [0.15, 0.2) is 24.3 Å². The van der Waals surface area contributed by atoms with E-state index in [0.717, 1.165) is 11.1 Å². The summed E-state index contributed by atoms with van der Waals surface area (Å²) in [6.07, 6.45) is -1.41. The molecule has 1 aliphatic rings. The van der Waals surface area contributed by atoms with E-state index >= 15 is 0 Å². The summed E-state index contributed by atoms with van der Waals surface area (Å²) in [6.45, 7) is 1.03. The smallest absolute Gasteiger partial charge is 0.241 e. The third-order valence-corrected chi connectivity index (χ3v) is 3.96. The molecule has 0 amide bonds. The zero-order chi connectivity index (χ0) is 14.8. The summed E-state index contributed by atoms with van der Waals surface area (Å²) in [5.74, 6) is -0.548. The average molecular weight is 288 g/mol. The van der Waals surface area contributed by atoms with Gasteiger partial charge in [-0.2, -0.15) is 5.26 Å². The number of benzene rings is 1. The maximum absolute atomic E-state index is 12.8. The molecular formula is C15H14F2N4. The number of anilines is 1. The van der Waals surface area contributed by atoms with Crippen molar-refractivity contribution >= 4 is 16.6 Å². The van der Waals surface area contributed by atoms with Crippen molar-refractivity contribution in [1.29, 1.82) is 5.26 Å². The Balaban J connectivity index is 1.99. The van der Waals surface area contributed by atoms with Gasteiger partial charge in [0.25, 0.3) is 0 Å². The highest BCUT2D eigenvalue weighted by Gasteiger charge is 2.28. The summed E-state index contributed by atoms with van der Waals surface area (Å²) in [6, 6.07) is 9.51. The van der Waals surface area contributed by atoms with E-state index in [-0.39, 0.29) is 5.69 Å². The molecule has 1 aromatic carbocycles. The second-order valence-electron chi connectivity index (χ2n) is 5.19. The molecule has 6 heteroatoms. The first-order valence-electron chi connectivity index (χ1n) is 6.89. The van der Waals surface area contributed by atoms with Crippen molar-refractivity contribution in [3.63, 3.8) is 0 Å². The molecule has 108 valence electrons. The quantitative estimate of drug-likeness (QED) is 0.852. The Morgan fingerprint density at radius 3 is 2.57 bits per heavy atom. The van der Waals surface area contributed by atoms with Gasteiger partial charge in [0.05, 0.1) is 11.2 Å². The summed E-state index contributed by atoms with van der Waals surface area (Å²) < 4.78 is 25.5. The van der Waals surface area contributed by atoms with Crippen LogP contribution >= 0.6 is 0 Å². The van der Waals surface area contributed by atoms with E-state index in [4.69, 9.17) is 0 Å². The van der Waals surface area contributed by atoms with Crippen molar-refractivity contribution in [1.82, 2.24) is 10.2 Å². The second-order valence-corrected chi connectivity index (χ2v) is 5.19. The first-order valence-corrected chi connectivity index (χ1v) is 6.89. The zero-order valence-electron chi connectivity index (χ0n) is 11.3. The van der Waals surface area contributed by atoms with Gasteiger partial charge in [0.2, 0.25) is 6.43 Å². The molecule has 1 fully saturated rings. The van der Waals surface area contributed by atoms with E-state index in [2.05, 4.69) is 16.3 Å². The van der Waals surface area contributed by atoms with Crippen LogP contribution in [0.25, 0.3) is 10.9 Å². The van der Waals surface area contributed by atoms with Gasteiger partial charge in [0.1, 0.15) is 6.07 Å². The minimum absolute atomic E-state index is 0.254. The van der Waals surface area contributed by atoms with Crippen LogP contribution in [0, 0.1) is 17.2 Å². The summed E-state index contributed by atoms with van der Waals surface area (Å²) >= 11 is 0. The van der Waals surface area contributed by atoms with Gasteiger partial charge in [-0.3, -0.25) is 0 Å². The number of rotatable bonds is 2. The lowest BCUT2D eigenvalue weighted by Crippen LogP contribution is -2.36. The Hall–Kier alpha value is -2.29. The molecular weight excluding hydrogens is 274 g/mol. The molecule has 2 aromatic rings. The number of halogens is 2. The first kappa shape index (κ1) is 13.7. The molecule has 0 saturated carbocycles. The Kier molecular flexibility index (Phi) is 3.65. The number of fused-ring (bicyclic) bond motifs is 1. The monoisotopic (exact) mass is 288 g/mol. The predicted molar refractivity (Wildman–Crippen MR) is 75.2 cm³/mol. The summed E-state index contributed by atoms with van der Waals surface area (Å²) in [7, 11) is 0. The van der Waals surface area contributed by atoms with Crippen molar-refractivity contribution in [2.45, 2.75) is 19.3 Å². The molecule has 1 saturated heterocycles. The minimum atomic E-state index is -2.27. The van der Waals surface area contributed by atoms with Crippen LogP contribution in [0.5, 0.6) is 0 Å². The Morgan fingerprint density at radius 1 is 1.19 bits per heavy atom. The van der Waals surface area contributed by atoms with E-state index in [1.54, 1.807) is 0 Å². The summed E-state index contributed by atoms with van der Waals surface area (Å²) in [5, 5.41) is 18.1. The van der Waals surface area contributed by atoms with Gasteiger partial charge >= 0.3 is 0 Å². The third kappa shape index (κ3) is 2.51. The standard InChI is InChI=1S/C15H14F2N4/c16-15(17)10-5-7-21(8-6-10)14-11-3-1-2-4-12(11)19-20-13(14)9-18/h1-4,10,15H,5-8H2. The normalized spacial score (nSPS) is 16.4. The molecule has 0 N–H and O–H groups in total. The molecule has 0 radical (unpaired) electrons. The number of nitrogens with zero attached hydrogens (tertiary/aromatic N) is 4. The molecule has 21 heavy (non-hydrogen) atoms. The molecule has 1 aromatic heterocycles. The molecule has 3 rings (SSSR count). The van der Waals surface area contributed by atoms with Gasteiger partial charge in [0, 0.05) is 24.4 Å². The summed E-state index contributed by atoms with van der Waals surface area (Å²) in [5.41, 5.74) is 1.68. The SMILES string of the molecule is N#Cc1nnc2ccccc2c1N1CCC(C(F)F)CC1. The maximum atomic E-state index is 12.8. The van der Waals surface area contributed by atoms with E-state index in [9.17, 15) is 14.0 Å². The number of hydrogen-bond acceptors (Lipinski definition) is 4. The molecule has 0 unspecified atom stereocenters. The predicted octanol–water partition coefficient (Wildman–Crippen LogP) is 2.98. The van der Waals surface area contributed by atoms with Crippen molar-refractivity contribution in [3.05, 3.63) is 30.0 Å². The number of piperidine rings is 1. The van der Waals surface area contributed by atoms with Crippen LogP contribution in [-0.2, 0) is 0 Å².